The van der Waals surface area contributed by atoms with E-state index in [4.69, 9.17) is 20.4 Å². The minimum atomic E-state index is -2.74. The average molecular weight is 547 g/mol. The second-order valence-electron chi connectivity index (χ2n) is 9.24. The van der Waals surface area contributed by atoms with Crippen LogP contribution >= 0.6 is 0 Å². The van der Waals surface area contributed by atoms with Crippen LogP contribution in [0.15, 0.2) is 60.7 Å². The summed E-state index contributed by atoms with van der Waals surface area (Å²) in [6, 6.07) is 21.1. The number of anilines is 1. The second-order valence-corrected chi connectivity index (χ2v) is 9.24. The van der Waals surface area contributed by atoms with Gasteiger partial charge in [-0.25, -0.2) is 4.79 Å². The maximum absolute atomic E-state index is 12.5. The summed E-state index contributed by atoms with van der Waals surface area (Å²) in [5.74, 6) is -4.79. The van der Waals surface area contributed by atoms with E-state index in [0.29, 0.717) is 12.5 Å². The van der Waals surface area contributed by atoms with Gasteiger partial charge in [0.05, 0.1) is 12.8 Å². The number of piperidine rings is 1. The molecular formula is C28H38N2O9. The first kappa shape index (κ1) is 33.2. The van der Waals surface area contributed by atoms with E-state index >= 15 is 0 Å². The fourth-order valence-electron chi connectivity index (χ4n) is 4.36. The number of carbonyl (C=O) groups excluding carboxylic acids is 1. The number of aliphatic carboxylic acids is 3. The van der Waals surface area contributed by atoms with Gasteiger partial charge in [0, 0.05) is 37.8 Å². The number of hydrogen-bond donors (Lipinski definition) is 4. The molecule has 0 atom stereocenters. The lowest BCUT2D eigenvalue weighted by Crippen LogP contribution is -2.47. The van der Waals surface area contributed by atoms with Gasteiger partial charge in [0.25, 0.3) is 0 Å². The molecule has 1 aliphatic heterocycles. The Hall–Kier alpha value is -3.80. The average Bonchev–Trinajstić information content (AvgIpc) is 2.89. The quantitative estimate of drug-likeness (QED) is 0.327. The first-order valence-corrected chi connectivity index (χ1v) is 12.6. The van der Waals surface area contributed by atoms with Gasteiger partial charge in [-0.1, -0.05) is 55.5 Å². The maximum atomic E-state index is 12.5. The monoisotopic (exact) mass is 546 g/mol. The van der Waals surface area contributed by atoms with Gasteiger partial charge < -0.3 is 35.7 Å². The first-order chi connectivity index (χ1) is 18.1. The molecule has 1 heterocycles. The number of likely N-dealkylation sites (tertiary alicyclic amines) is 1. The van der Waals surface area contributed by atoms with Crippen molar-refractivity contribution in [2.45, 2.75) is 57.1 Å². The summed E-state index contributed by atoms with van der Waals surface area (Å²) in [7, 11) is 0. The highest BCUT2D eigenvalue weighted by atomic mass is 16.4. The van der Waals surface area contributed by atoms with Gasteiger partial charge in [-0.05, 0) is 37.0 Å². The molecule has 39 heavy (non-hydrogen) atoms. The van der Waals surface area contributed by atoms with Gasteiger partial charge in [0.1, 0.15) is 0 Å². The van der Waals surface area contributed by atoms with Crippen molar-refractivity contribution in [2.24, 2.45) is 0 Å². The summed E-state index contributed by atoms with van der Waals surface area (Å²) in [6.07, 6.45) is 1.47. The van der Waals surface area contributed by atoms with E-state index in [-0.39, 0.29) is 11.4 Å². The number of nitrogens with zero attached hydrogens (tertiary/aromatic N) is 2. The van der Waals surface area contributed by atoms with Crippen LogP contribution < -0.4 is 4.90 Å². The number of hydrogen-bond acceptors (Lipinski definition) is 6. The molecule has 0 saturated carbocycles. The highest BCUT2D eigenvalue weighted by Crippen LogP contribution is 2.24. The fourth-order valence-corrected chi connectivity index (χ4v) is 4.36. The van der Waals surface area contributed by atoms with Gasteiger partial charge in [0.15, 0.2) is 5.60 Å². The Bertz CT molecular complexity index is 1040. The summed E-state index contributed by atoms with van der Waals surface area (Å²) in [6.45, 7) is 5.19. The lowest BCUT2D eigenvalue weighted by Gasteiger charge is -2.38. The Morgan fingerprint density at radius 1 is 0.872 bits per heavy atom. The van der Waals surface area contributed by atoms with Crippen molar-refractivity contribution in [3.8, 4) is 0 Å². The smallest absolute Gasteiger partial charge is 0.336 e. The largest absolute Gasteiger partial charge is 0.481 e. The van der Waals surface area contributed by atoms with Crippen LogP contribution in [0.5, 0.6) is 0 Å². The predicted octanol–water partition coefficient (Wildman–Crippen LogP) is 2.06. The summed E-state index contributed by atoms with van der Waals surface area (Å²) in [4.78, 5) is 47.6. The highest BCUT2D eigenvalue weighted by Gasteiger charge is 2.40. The third-order valence-corrected chi connectivity index (χ3v) is 6.37. The number of rotatable bonds is 11. The molecule has 0 spiro atoms. The van der Waals surface area contributed by atoms with Crippen LogP contribution in [0.25, 0.3) is 0 Å². The van der Waals surface area contributed by atoms with Crippen molar-refractivity contribution in [1.82, 2.24) is 4.90 Å². The zero-order chi connectivity index (χ0) is 28.1. The molecule has 214 valence electrons. The molecule has 6 N–H and O–H groups in total. The fraction of sp³-hybridized carbons (Fsp3) is 0.429. The normalized spacial score (nSPS) is 13.8. The molecule has 1 fully saturated rings. The Labute approximate surface area is 227 Å². The molecule has 11 nitrogen and oxygen atoms in total. The van der Waals surface area contributed by atoms with E-state index in [9.17, 15) is 19.2 Å². The molecule has 0 aromatic heterocycles. The molecule has 3 rings (SSSR count). The Balaban J connectivity index is 0.000000466. The molecule has 2 aromatic rings. The predicted molar refractivity (Wildman–Crippen MR) is 145 cm³/mol. The molecule has 0 aliphatic carbocycles. The van der Waals surface area contributed by atoms with Crippen LogP contribution in [-0.2, 0) is 25.6 Å². The molecule has 2 aromatic carbocycles. The van der Waals surface area contributed by atoms with Crippen molar-refractivity contribution in [3.63, 3.8) is 0 Å². The minimum absolute atomic E-state index is 0. The minimum Gasteiger partial charge on any atom is -0.481 e. The van der Waals surface area contributed by atoms with Crippen LogP contribution in [0.2, 0.25) is 0 Å². The van der Waals surface area contributed by atoms with Crippen molar-refractivity contribution in [3.05, 3.63) is 66.2 Å². The van der Waals surface area contributed by atoms with E-state index < -0.39 is 36.4 Å². The van der Waals surface area contributed by atoms with Crippen LogP contribution in [0.4, 0.5) is 5.69 Å². The molecule has 1 saturated heterocycles. The molecule has 1 aliphatic rings. The second kappa shape index (κ2) is 16.2. The topological polar surface area (TPSA) is 187 Å². The van der Waals surface area contributed by atoms with Crippen molar-refractivity contribution in [1.29, 1.82) is 0 Å². The highest BCUT2D eigenvalue weighted by molar-refractivity contribution is 5.93. The number of carbonyl (C=O) groups is 4. The van der Waals surface area contributed by atoms with Crippen LogP contribution in [0.1, 0.15) is 44.6 Å². The lowest BCUT2D eigenvalue weighted by molar-refractivity contribution is -0.170. The molecule has 0 bridgehead atoms. The van der Waals surface area contributed by atoms with E-state index in [1.54, 1.807) is 0 Å². The van der Waals surface area contributed by atoms with Crippen LogP contribution in [0.3, 0.4) is 0 Å². The van der Waals surface area contributed by atoms with Crippen LogP contribution in [0, 0.1) is 0 Å². The third-order valence-electron chi connectivity index (χ3n) is 6.37. The van der Waals surface area contributed by atoms with E-state index in [2.05, 4.69) is 47.4 Å². The van der Waals surface area contributed by atoms with Gasteiger partial charge >= 0.3 is 17.9 Å². The molecular weight excluding hydrogens is 508 g/mol. The zero-order valence-electron chi connectivity index (χ0n) is 22.0. The van der Waals surface area contributed by atoms with E-state index in [0.717, 1.165) is 44.6 Å². The standard InChI is InChI=1S/C22H28N2O.C6H8O7.H2O/c1-2-22(25)24(20-11-7-4-8-12-20)21-14-17-23(18-15-21)16-13-19-9-5-3-6-10-19;7-3(8)1-6(13,5(11)12)2-4(9)10;/h3-12,21H,2,13-18H2,1H3;13H,1-2H2,(H,7,8)(H,9,10)(H,11,12);1H2. The molecule has 0 radical (unpaired) electrons. The van der Waals surface area contributed by atoms with Crippen molar-refractivity contribution < 1.29 is 45.1 Å². The maximum Gasteiger partial charge on any atom is 0.336 e. The number of amides is 1. The molecule has 11 heteroatoms. The zero-order valence-corrected chi connectivity index (χ0v) is 22.0. The van der Waals surface area contributed by atoms with Gasteiger partial charge in [-0.15, -0.1) is 0 Å². The van der Waals surface area contributed by atoms with E-state index in [1.165, 1.54) is 5.56 Å². The number of carboxylic acids is 3. The number of para-hydroxylation sites is 1. The Morgan fingerprint density at radius 2 is 1.36 bits per heavy atom. The number of benzene rings is 2. The van der Waals surface area contributed by atoms with Crippen molar-refractivity contribution in [2.75, 3.05) is 24.5 Å². The van der Waals surface area contributed by atoms with Crippen LogP contribution in [-0.4, -0.2) is 85.9 Å². The summed E-state index contributed by atoms with van der Waals surface area (Å²) >= 11 is 0. The Kier molecular flexibility index (Phi) is 13.8. The summed E-state index contributed by atoms with van der Waals surface area (Å²) in [5, 5.41) is 33.8. The third kappa shape index (κ3) is 10.8. The molecule has 0 unspecified atom stereocenters. The van der Waals surface area contributed by atoms with Gasteiger partial charge in [-0.2, -0.15) is 0 Å². The number of carboxylic acid groups (broad SMARTS) is 3. The first-order valence-electron chi connectivity index (χ1n) is 12.6. The lowest BCUT2D eigenvalue weighted by atomic mass is 9.96. The number of aliphatic hydroxyl groups is 1. The Morgan fingerprint density at radius 3 is 1.79 bits per heavy atom. The molecule has 1 amide bonds. The van der Waals surface area contributed by atoms with Crippen molar-refractivity contribution >= 4 is 29.5 Å². The SMILES string of the molecule is CCC(=O)N(c1ccccc1)C1CCN(CCc2ccccc2)CC1.O.O=C(O)CC(O)(CC(=O)O)C(=O)O. The summed E-state index contributed by atoms with van der Waals surface area (Å²) < 4.78 is 0. The summed E-state index contributed by atoms with van der Waals surface area (Å²) in [5.41, 5.74) is -0.300. The van der Waals surface area contributed by atoms with Gasteiger partial charge in [-0.3, -0.25) is 14.4 Å². The van der Waals surface area contributed by atoms with E-state index in [1.807, 2.05) is 30.0 Å². The van der Waals surface area contributed by atoms with Gasteiger partial charge in [0.2, 0.25) is 5.91 Å².